The maximum atomic E-state index is 14.9. The van der Waals surface area contributed by atoms with E-state index in [0.717, 1.165) is 62.1 Å². The van der Waals surface area contributed by atoms with Crippen molar-refractivity contribution in [1.29, 1.82) is 0 Å². The lowest BCUT2D eigenvalue weighted by Gasteiger charge is -2.44. The number of thiazole rings is 1. The van der Waals surface area contributed by atoms with Crippen LogP contribution >= 0.6 is 22.9 Å². The number of likely N-dealkylation sites (tertiary alicyclic amines) is 1. The van der Waals surface area contributed by atoms with Gasteiger partial charge in [-0.05, 0) is 38.4 Å². The number of aromatic nitrogens is 1. The lowest BCUT2D eigenvalue weighted by Crippen LogP contribution is -2.59. The van der Waals surface area contributed by atoms with E-state index in [9.17, 15) is 17.6 Å². The summed E-state index contributed by atoms with van der Waals surface area (Å²) in [5, 5.41) is 5.12. The molecular formula is C21H27ClFN5O3S2. The van der Waals surface area contributed by atoms with Crippen LogP contribution in [0.5, 0.6) is 0 Å². The number of nitrogens with one attached hydrogen (secondary N) is 2. The van der Waals surface area contributed by atoms with E-state index < -0.39 is 20.7 Å². The van der Waals surface area contributed by atoms with Crippen molar-refractivity contribution >= 4 is 49.7 Å². The third-order valence-electron chi connectivity index (χ3n) is 6.45. The summed E-state index contributed by atoms with van der Waals surface area (Å²) in [4.78, 5) is 20.1. The van der Waals surface area contributed by atoms with Crippen molar-refractivity contribution in [3.8, 4) is 0 Å². The number of carbonyl (C=O) groups is 1. The summed E-state index contributed by atoms with van der Waals surface area (Å²) in [5.41, 5.74) is 0.306. The second kappa shape index (κ2) is 9.73. The molecule has 1 aliphatic heterocycles. The molecule has 1 aliphatic carbocycles. The zero-order valence-corrected chi connectivity index (χ0v) is 20.8. The molecular weight excluding hydrogens is 489 g/mol. The molecule has 1 amide bonds. The Bertz CT molecular complexity index is 1120. The zero-order chi connectivity index (χ0) is 23.8. The normalized spacial score (nSPS) is 23.6. The van der Waals surface area contributed by atoms with Crippen molar-refractivity contribution in [2.45, 2.75) is 55.1 Å². The van der Waals surface area contributed by atoms with Crippen LogP contribution in [0.2, 0.25) is 5.02 Å². The number of nitrogens with zero attached hydrogens (tertiary/aromatic N) is 3. The minimum atomic E-state index is -4.18. The lowest BCUT2D eigenvalue weighted by atomic mass is 9.88. The molecule has 2 N–H and O–H groups in total. The van der Waals surface area contributed by atoms with Crippen LogP contribution in [0.3, 0.4) is 0 Å². The Morgan fingerprint density at radius 1 is 1.30 bits per heavy atom. The van der Waals surface area contributed by atoms with Gasteiger partial charge in [-0.15, -0.1) is 11.3 Å². The molecule has 8 nitrogen and oxygen atoms in total. The van der Waals surface area contributed by atoms with Gasteiger partial charge in [0.2, 0.25) is 5.91 Å². The largest absolute Gasteiger partial charge is 0.379 e. The summed E-state index contributed by atoms with van der Waals surface area (Å²) < 4.78 is 42.4. The molecule has 2 fully saturated rings. The molecule has 1 aromatic heterocycles. The molecule has 2 aromatic rings. The van der Waals surface area contributed by atoms with Crippen LogP contribution in [0.25, 0.3) is 0 Å². The Labute approximate surface area is 202 Å². The molecule has 2 heterocycles. The summed E-state index contributed by atoms with van der Waals surface area (Å²) >= 11 is 7.47. The molecule has 1 aromatic carbocycles. The van der Waals surface area contributed by atoms with Crippen molar-refractivity contribution in [3.05, 3.63) is 34.5 Å². The summed E-state index contributed by atoms with van der Waals surface area (Å²) in [7, 11) is -0.417. The molecule has 3 atom stereocenters. The fraction of sp³-hybridized carbons (Fsp3) is 0.524. The van der Waals surface area contributed by atoms with Gasteiger partial charge in [0, 0.05) is 31.2 Å². The third-order valence-corrected chi connectivity index (χ3v) is 8.94. The molecule has 33 heavy (non-hydrogen) atoms. The Kier molecular flexibility index (Phi) is 7.13. The smallest absolute Gasteiger partial charge is 0.266 e. The van der Waals surface area contributed by atoms with Crippen LogP contribution < -0.4 is 10.0 Å². The topological polar surface area (TPSA) is 94.6 Å². The first-order valence-corrected chi connectivity index (χ1v) is 13.6. The highest BCUT2D eigenvalue weighted by atomic mass is 35.5. The second-order valence-corrected chi connectivity index (χ2v) is 11.5. The van der Waals surface area contributed by atoms with Crippen LogP contribution in [-0.2, 0) is 14.8 Å². The fourth-order valence-corrected chi connectivity index (χ4v) is 6.62. The molecule has 1 saturated carbocycles. The summed E-state index contributed by atoms with van der Waals surface area (Å²) in [6.45, 7) is 0.915. The lowest BCUT2D eigenvalue weighted by molar-refractivity contribution is -0.142. The molecule has 1 unspecified atom stereocenters. The number of benzene rings is 1. The van der Waals surface area contributed by atoms with Gasteiger partial charge < -0.3 is 10.2 Å². The van der Waals surface area contributed by atoms with Crippen LogP contribution in [0.1, 0.15) is 32.1 Å². The maximum Gasteiger partial charge on any atom is 0.266 e. The number of rotatable bonds is 7. The van der Waals surface area contributed by atoms with Crippen molar-refractivity contribution < 1.29 is 17.6 Å². The van der Waals surface area contributed by atoms with E-state index in [4.69, 9.17) is 11.6 Å². The van der Waals surface area contributed by atoms with Crippen LogP contribution in [0.15, 0.2) is 28.6 Å². The summed E-state index contributed by atoms with van der Waals surface area (Å²) in [5.74, 6) is -0.826. The van der Waals surface area contributed by atoms with E-state index in [1.807, 2.05) is 19.0 Å². The molecule has 0 radical (unpaired) electrons. The van der Waals surface area contributed by atoms with Gasteiger partial charge in [0.25, 0.3) is 10.0 Å². The third kappa shape index (κ3) is 5.11. The van der Waals surface area contributed by atoms with Crippen LogP contribution in [0, 0.1) is 5.82 Å². The van der Waals surface area contributed by atoms with Crippen molar-refractivity contribution in [1.82, 2.24) is 14.8 Å². The molecule has 180 valence electrons. The number of halogens is 2. The highest BCUT2D eigenvalue weighted by molar-refractivity contribution is 7.93. The number of likely N-dealkylation sites (N-methyl/N-ethyl adjacent to an activating group) is 2. The zero-order valence-electron chi connectivity index (χ0n) is 18.4. The Morgan fingerprint density at radius 3 is 2.70 bits per heavy atom. The number of anilines is 2. The van der Waals surface area contributed by atoms with Gasteiger partial charge in [-0.3, -0.25) is 14.4 Å². The van der Waals surface area contributed by atoms with E-state index in [2.05, 4.69) is 15.0 Å². The SMILES string of the molecule is CN1CCC1C(=O)N(C)[C@H]1CCCC[C@@H]1Nc1cc(F)c(S(=O)(=O)Nc2nccs2)cc1Cl. The Hall–Kier alpha value is -1.95. The first-order valence-electron chi connectivity index (χ1n) is 10.8. The monoisotopic (exact) mass is 515 g/mol. The average Bonchev–Trinajstić information content (AvgIpc) is 3.27. The first kappa shape index (κ1) is 24.2. The molecule has 4 rings (SSSR count). The number of carbonyl (C=O) groups excluding carboxylic acids is 1. The quantitative estimate of drug-likeness (QED) is 0.585. The van der Waals surface area contributed by atoms with E-state index >= 15 is 0 Å². The number of hydrogen-bond donors (Lipinski definition) is 2. The highest BCUT2D eigenvalue weighted by Gasteiger charge is 2.38. The number of sulfonamides is 1. The van der Waals surface area contributed by atoms with Gasteiger partial charge >= 0.3 is 0 Å². The minimum Gasteiger partial charge on any atom is -0.379 e. The maximum absolute atomic E-state index is 14.9. The average molecular weight is 516 g/mol. The van der Waals surface area contributed by atoms with Crippen molar-refractivity contribution in [2.24, 2.45) is 0 Å². The standard InChI is InChI=1S/C21H27ClFN5O3S2/c1-27-9-7-18(27)20(29)28(2)17-6-4-3-5-15(17)25-16-12-14(23)19(11-13(16)22)33(30,31)26-21-24-8-10-32-21/h8,10-12,15,17-18,25H,3-7,9H2,1-2H3,(H,24,26)/t15-,17-,18?/m0/s1. The van der Waals surface area contributed by atoms with Crippen LogP contribution in [0.4, 0.5) is 15.2 Å². The van der Waals surface area contributed by atoms with Gasteiger partial charge in [-0.2, -0.15) is 0 Å². The summed E-state index contributed by atoms with van der Waals surface area (Å²) in [6, 6.07) is 1.94. The molecule has 1 saturated heterocycles. The van der Waals surface area contributed by atoms with Gasteiger partial charge in [-0.1, -0.05) is 24.4 Å². The molecule has 12 heteroatoms. The van der Waals surface area contributed by atoms with E-state index in [-0.39, 0.29) is 34.2 Å². The molecule has 0 spiro atoms. The Balaban J connectivity index is 1.52. The Morgan fingerprint density at radius 2 is 2.06 bits per heavy atom. The minimum absolute atomic E-state index is 0.0608. The van der Waals surface area contributed by atoms with Crippen molar-refractivity contribution in [2.75, 3.05) is 30.7 Å². The predicted molar refractivity (Wildman–Crippen MR) is 128 cm³/mol. The fourth-order valence-electron chi connectivity index (χ4n) is 4.46. The van der Waals surface area contributed by atoms with E-state index in [0.29, 0.717) is 5.69 Å². The van der Waals surface area contributed by atoms with E-state index in [1.54, 1.807) is 10.3 Å². The number of hydrogen-bond acceptors (Lipinski definition) is 7. The predicted octanol–water partition coefficient (Wildman–Crippen LogP) is 3.62. The van der Waals surface area contributed by atoms with Gasteiger partial charge in [0.05, 0.1) is 22.8 Å². The van der Waals surface area contributed by atoms with E-state index in [1.165, 1.54) is 6.20 Å². The molecule has 0 bridgehead atoms. The molecule has 2 aliphatic rings. The van der Waals surface area contributed by atoms with Crippen LogP contribution in [-0.4, -0.2) is 67.9 Å². The second-order valence-electron chi connectivity index (χ2n) is 8.54. The first-order chi connectivity index (χ1) is 15.7. The summed E-state index contributed by atoms with van der Waals surface area (Å²) in [6.07, 6.45) is 5.91. The van der Waals surface area contributed by atoms with Crippen molar-refractivity contribution in [3.63, 3.8) is 0 Å². The number of amides is 1. The van der Waals surface area contributed by atoms with Gasteiger partial charge in [0.15, 0.2) is 5.13 Å². The van der Waals surface area contributed by atoms with Gasteiger partial charge in [0.1, 0.15) is 10.7 Å². The highest BCUT2D eigenvalue weighted by Crippen LogP contribution is 2.33. The van der Waals surface area contributed by atoms with Gasteiger partial charge in [-0.25, -0.2) is 17.8 Å².